The molecule has 0 unspecified atom stereocenters. The number of ketones is 1. The Morgan fingerprint density at radius 2 is 1.73 bits per heavy atom. The number of benzene rings is 2. The van der Waals surface area contributed by atoms with Crippen molar-refractivity contribution in [1.29, 1.82) is 0 Å². The minimum atomic E-state index is -0.250. The zero-order valence-corrected chi connectivity index (χ0v) is 17.1. The number of hydrogen-bond acceptors (Lipinski definition) is 6. The van der Waals surface area contributed by atoms with E-state index in [0.717, 1.165) is 5.56 Å². The van der Waals surface area contributed by atoms with E-state index in [0.29, 0.717) is 42.9 Å². The van der Waals surface area contributed by atoms with Gasteiger partial charge < -0.3 is 0 Å². The normalized spacial score (nSPS) is 11.3. The van der Waals surface area contributed by atoms with Crippen molar-refractivity contribution in [1.82, 2.24) is 20.0 Å². The van der Waals surface area contributed by atoms with Gasteiger partial charge in [-0.25, -0.2) is 4.98 Å². The molecule has 6 nitrogen and oxygen atoms in total. The minimum Gasteiger partial charge on any atom is -0.289 e. The van der Waals surface area contributed by atoms with Gasteiger partial charge in [0.25, 0.3) is 5.56 Å². The molecule has 0 bridgehead atoms. The summed E-state index contributed by atoms with van der Waals surface area (Å²) in [7, 11) is 0. The molecule has 0 fully saturated rings. The van der Waals surface area contributed by atoms with Crippen LogP contribution in [0.3, 0.4) is 0 Å². The van der Waals surface area contributed by atoms with Gasteiger partial charge in [-0.15, -0.1) is 16.4 Å². The zero-order chi connectivity index (χ0) is 20.8. The molecule has 3 heterocycles. The van der Waals surface area contributed by atoms with Crippen LogP contribution >= 0.6 is 11.3 Å². The number of aryl methyl sites for hydroxylation is 2. The topological polar surface area (TPSA) is 77.7 Å². The Kier molecular flexibility index (Phi) is 4.25. The lowest BCUT2D eigenvalue weighted by atomic mass is 10.0. The van der Waals surface area contributed by atoms with Crippen LogP contribution in [-0.4, -0.2) is 25.8 Å². The number of aromatic nitrogens is 4. The number of carbonyl (C=O) groups is 1. The fourth-order valence-corrected chi connectivity index (χ4v) is 4.46. The largest absolute Gasteiger partial charge is 0.292 e. The van der Waals surface area contributed by atoms with Gasteiger partial charge in [-0.3, -0.25) is 9.59 Å². The highest BCUT2D eigenvalue weighted by atomic mass is 32.1. The second kappa shape index (κ2) is 6.96. The number of hydrogen-bond donors (Lipinski definition) is 0. The van der Waals surface area contributed by atoms with Crippen molar-refractivity contribution in [3.63, 3.8) is 0 Å². The average Bonchev–Trinajstić information content (AvgIpc) is 3.12. The molecule has 5 aromatic rings. The smallest absolute Gasteiger partial charge is 0.289 e. The molecule has 146 valence electrons. The summed E-state index contributed by atoms with van der Waals surface area (Å²) in [5.74, 6) is -0.109. The molecule has 0 atom stereocenters. The highest BCUT2D eigenvalue weighted by molar-refractivity contribution is 7.25. The van der Waals surface area contributed by atoms with Crippen molar-refractivity contribution >= 4 is 37.6 Å². The number of fused-ring (bicyclic) bond motifs is 3. The first kappa shape index (κ1) is 18.3. The summed E-state index contributed by atoms with van der Waals surface area (Å²) in [6.45, 7) is 3.78. The highest BCUT2D eigenvalue weighted by Gasteiger charge is 2.19. The fraction of sp³-hybridized carbons (Fsp3) is 0.0870. The van der Waals surface area contributed by atoms with Crippen LogP contribution in [0.1, 0.15) is 27.2 Å². The maximum Gasteiger partial charge on any atom is 0.292 e. The third kappa shape index (κ3) is 2.91. The van der Waals surface area contributed by atoms with Crippen molar-refractivity contribution in [2.24, 2.45) is 0 Å². The van der Waals surface area contributed by atoms with Gasteiger partial charge >= 0.3 is 0 Å². The molecule has 3 aromatic heterocycles. The maximum absolute atomic E-state index is 13.1. The summed E-state index contributed by atoms with van der Waals surface area (Å²) in [6, 6.07) is 18.4. The van der Waals surface area contributed by atoms with Crippen molar-refractivity contribution in [3.8, 4) is 5.69 Å². The van der Waals surface area contributed by atoms with Gasteiger partial charge in [-0.05, 0) is 32.0 Å². The second-order valence-electron chi connectivity index (χ2n) is 7.09. The van der Waals surface area contributed by atoms with E-state index in [9.17, 15) is 9.59 Å². The SMILES string of the molecule is Cc1ccc(-n2nnc3c(sc4nc(C)c(C(=O)c5ccccc5)cc43)c2=O)cc1. The standard InChI is InChI=1S/C23H16N4O2S/c1-13-8-10-16(11-9-13)27-23(29)21-19(25-26-27)18-12-17(14(2)24-22(18)30-21)20(28)15-6-4-3-5-7-15/h3-12H,1-2H3. The van der Waals surface area contributed by atoms with Crippen molar-refractivity contribution < 1.29 is 4.79 Å². The number of nitrogens with zero attached hydrogens (tertiary/aromatic N) is 4. The molecule has 0 spiro atoms. The molecular formula is C23H16N4O2S. The Hall–Kier alpha value is -3.71. The Labute approximate surface area is 175 Å². The van der Waals surface area contributed by atoms with Crippen LogP contribution in [0.15, 0.2) is 65.5 Å². The Morgan fingerprint density at radius 3 is 2.47 bits per heavy atom. The average molecular weight is 412 g/mol. The van der Waals surface area contributed by atoms with E-state index in [1.807, 2.05) is 49.4 Å². The van der Waals surface area contributed by atoms with Gasteiger partial charge in [-0.1, -0.05) is 53.2 Å². The van der Waals surface area contributed by atoms with Gasteiger partial charge in [0, 0.05) is 16.5 Å². The van der Waals surface area contributed by atoms with Gasteiger partial charge in [0.15, 0.2) is 5.78 Å². The molecule has 2 aromatic carbocycles. The maximum atomic E-state index is 13.1. The Morgan fingerprint density at radius 1 is 1.00 bits per heavy atom. The number of carbonyl (C=O) groups excluding carboxylic acids is 1. The molecular weight excluding hydrogens is 396 g/mol. The first-order chi connectivity index (χ1) is 14.5. The summed E-state index contributed by atoms with van der Waals surface area (Å²) in [4.78, 5) is 31.3. The summed E-state index contributed by atoms with van der Waals surface area (Å²) >= 11 is 1.27. The molecule has 0 aliphatic carbocycles. The molecule has 7 heteroatoms. The first-order valence-electron chi connectivity index (χ1n) is 9.39. The lowest BCUT2D eigenvalue weighted by molar-refractivity contribution is 0.103. The van der Waals surface area contributed by atoms with Crippen molar-refractivity contribution in [2.45, 2.75) is 13.8 Å². The molecule has 0 amide bonds. The van der Waals surface area contributed by atoms with E-state index in [4.69, 9.17) is 0 Å². The second-order valence-corrected chi connectivity index (χ2v) is 8.09. The van der Waals surface area contributed by atoms with E-state index in [1.54, 1.807) is 25.1 Å². The number of thiophene rings is 1. The van der Waals surface area contributed by atoms with E-state index in [2.05, 4.69) is 15.3 Å². The minimum absolute atomic E-state index is 0.109. The van der Waals surface area contributed by atoms with Crippen LogP contribution < -0.4 is 5.56 Å². The predicted octanol–water partition coefficient (Wildman–Crippen LogP) is 4.24. The van der Waals surface area contributed by atoms with Crippen LogP contribution in [-0.2, 0) is 0 Å². The molecule has 0 aliphatic heterocycles. The van der Waals surface area contributed by atoms with Gasteiger partial charge in [0.1, 0.15) is 15.0 Å². The van der Waals surface area contributed by atoms with E-state index in [-0.39, 0.29) is 11.3 Å². The van der Waals surface area contributed by atoms with Gasteiger partial charge in [-0.2, -0.15) is 4.68 Å². The van der Waals surface area contributed by atoms with Crippen molar-refractivity contribution in [2.75, 3.05) is 0 Å². The van der Waals surface area contributed by atoms with Crippen LogP contribution in [0.4, 0.5) is 0 Å². The molecule has 30 heavy (non-hydrogen) atoms. The van der Waals surface area contributed by atoms with Crippen molar-refractivity contribution in [3.05, 3.63) is 93.4 Å². The summed E-state index contributed by atoms with van der Waals surface area (Å²) in [6.07, 6.45) is 0. The summed E-state index contributed by atoms with van der Waals surface area (Å²) in [5, 5.41) is 9.10. The molecule has 0 aliphatic rings. The van der Waals surface area contributed by atoms with Gasteiger partial charge in [0.2, 0.25) is 0 Å². The molecule has 0 saturated carbocycles. The van der Waals surface area contributed by atoms with Crippen LogP contribution in [0.5, 0.6) is 0 Å². The molecule has 0 saturated heterocycles. The molecule has 5 rings (SSSR count). The first-order valence-corrected chi connectivity index (χ1v) is 10.2. The summed E-state index contributed by atoms with van der Waals surface area (Å²) < 4.78 is 1.76. The number of pyridine rings is 1. The monoisotopic (exact) mass is 412 g/mol. The van der Waals surface area contributed by atoms with Gasteiger partial charge in [0.05, 0.1) is 11.4 Å². The van der Waals surface area contributed by atoms with E-state index >= 15 is 0 Å². The van der Waals surface area contributed by atoms with Crippen LogP contribution in [0, 0.1) is 13.8 Å². The predicted molar refractivity (Wildman–Crippen MR) is 118 cm³/mol. The lowest BCUT2D eigenvalue weighted by Crippen LogP contribution is -2.21. The fourth-order valence-electron chi connectivity index (χ4n) is 3.40. The number of rotatable bonds is 3. The van der Waals surface area contributed by atoms with E-state index < -0.39 is 0 Å². The van der Waals surface area contributed by atoms with Crippen LogP contribution in [0.25, 0.3) is 26.1 Å². The summed E-state index contributed by atoms with van der Waals surface area (Å²) in [5.41, 5.74) is 3.68. The van der Waals surface area contributed by atoms with E-state index in [1.165, 1.54) is 16.0 Å². The lowest BCUT2D eigenvalue weighted by Gasteiger charge is -2.05. The molecule has 0 radical (unpaired) electrons. The third-order valence-corrected chi connectivity index (χ3v) is 6.10. The Bertz CT molecular complexity index is 1490. The zero-order valence-electron chi connectivity index (χ0n) is 16.3. The highest BCUT2D eigenvalue weighted by Crippen LogP contribution is 2.31. The van der Waals surface area contributed by atoms with Crippen LogP contribution in [0.2, 0.25) is 0 Å². The Balaban J connectivity index is 1.70. The molecule has 0 N–H and O–H groups in total. The third-order valence-electron chi connectivity index (χ3n) is 5.03. The quantitative estimate of drug-likeness (QED) is 0.414.